The number of hydrogen-bond acceptors (Lipinski definition) is 7. The van der Waals surface area contributed by atoms with Gasteiger partial charge in [0.05, 0.1) is 18.7 Å². The molecule has 0 unspecified atom stereocenters. The molecule has 11 heteroatoms. The molecule has 160 valence electrons. The molecule has 8 N–H and O–H groups in total. The van der Waals surface area contributed by atoms with E-state index in [2.05, 4.69) is 16.0 Å². The van der Waals surface area contributed by atoms with Crippen molar-refractivity contribution < 1.29 is 34.5 Å². The Bertz CT molecular complexity index is 736. The number of aliphatic hydroxyl groups is 1. The fourth-order valence-corrected chi connectivity index (χ4v) is 2.30. The van der Waals surface area contributed by atoms with Crippen LogP contribution in [0.4, 0.5) is 0 Å². The molecule has 1 aromatic rings. The predicted molar refractivity (Wildman–Crippen MR) is 102 cm³/mol. The number of carbonyl (C=O) groups excluding carboxylic acids is 3. The Morgan fingerprint density at radius 3 is 2.14 bits per heavy atom. The summed E-state index contributed by atoms with van der Waals surface area (Å²) in [6, 6.07) is 2.64. The first-order chi connectivity index (χ1) is 13.5. The number of amides is 3. The Morgan fingerprint density at radius 1 is 1.03 bits per heavy atom. The van der Waals surface area contributed by atoms with Crippen LogP contribution in [0, 0.1) is 0 Å². The van der Waals surface area contributed by atoms with E-state index in [4.69, 9.17) is 10.8 Å². The second-order valence-electron chi connectivity index (χ2n) is 6.55. The minimum absolute atomic E-state index is 0.0877. The number of nitrogens with one attached hydrogen (secondary N) is 3. The standard InChI is InChI=1S/C18H26N4O7/c1-9(16(26)22-15(10(2)23)18(28)29)21-14(25)8-20-17(27)13(19)7-11-3-5-12(24)6-4-11/h3-6,9-10,13,15,23-24H,7-8,19H2,1-2H3,(H,20,27)(H,21,25)(H,22,26)(H,28,29)/t9-,10+,13-,15-/m0/s1. The molecule has 0 heterocycles. The van der Waals surface area contributed by atoms with E-state index in [0.717, 1.165) is 5.56 Å². The highest BCUT2D eigenvalue weighted by molar-refractivity contribution is 5.92. The van der Waals surface area contributed by atoms with Gasteiger partial charge in [0.1, 0.15) is 11.8 Å². The van der Waals surface area contributed by atoms with Crippen LogP contribution in [0.2, 0.25) is 0 Å². The Hall–Kier alpha value is -3.18. The molecule has 11 nitrogen and oxygen atoms in total. The van der Waals surface area contributed by atoms with Crippen LogP contribution in [-0.2, 0) is 25.6 Å². The quantitative estimate of drug-likeness (QED) is 0.227. The maximum absolute atomic E-state index is 12.0. The third kappa shape index (κ3) is 8.15. The molecule has 0 aliphatic heterocycles. The lowest BCUT2D eigenvalue weighted by atomic mass is 10.1. The number of phenolic OH excluding ortho intramolecular Hbond substituents is 1. The number of phenols is 1. The van der Waals surface area contributed by atoms with Crippen LogP contribution in [-0.4, -0.2) is 69.8 Å². The summed E-state index contributed by atoms with van der Waals surface area (Å²) in [5, 5.41) is 34.3. The second kappa shape index (κ2) is 11.0. The van der Waals surface area contributed by atoms with Gasteiger partial charge in [-0.2, -0.15) is 0 Å². The minimum atomic E-state index is -1.51. The van der Waals surface area contributed by atoms with E-state index in [-0.39, 0.29) is 12.2 Å². The first-order valence-electron chi connectivity index (χ1n) is 8.83. The topological polar surface area (TPSA) is 191 Å². The lowest BCUT2D eigenvalue weighted by Gasteiger charge is -2.20. The Kier molecular flexibility index (Phi) is 9.03. The maximum Gasteiger partial charge on any atom is 0.328 e. The number of carboxylic acids is 1. The van der Waals surface area contributed by atoms with Crippen molar-refractivity contribution in [3.63, 3.8) is 0 Å². The number of benzene rings is 1. The molecule has 0 aliphatic rings. The van der Waals surface area contributed by atoms with Gasteiger partial charge in [-0.3, -0.25) is 14.4 Å². The molecule has 0 aromatic heterocycles. The fraction of sp³-hybridized carbons (Fsp3) is 0.444. The van der Waals surface area contributed by atoms with Crippen molar-refractivity contribution in [2.24, 2.45) is 5.73 Å². The lowest BCUT2D eigenvalue weighted by molar-refractivity contribution is -0.145. The van der Waals surface area contributed by atoms with Gasteiger partial charge in [0.2, 0.25) is 17.7 Å². The van der Waals surface area contributed by atoms with E-state index in [1.54, 1.807) is 12.1 Å². The number of aliphatic carboxylic acids is 1. The van der Waals surface area contributed by atoms with Gasteiger partial charge in [0.25, 0.3) is 0 Å². The van der Waals surface area contributed by atoms with Crippen molar-refractivity contribution in [1.82, 2.24) is 16.0 Å². The largest absolute Gasteiger partial charge is 0.508 e. The molecule has 0 saturated heterocycles. The highest BCUT2D eigenvalue weighted by Crippen LogP contribution is 2.10. The van der Waals surface area contributed by atoms with E-state index < -0.39 is 54.5 Å². The van der Waals surface area contributed by atoms with E-state index >= 15 is 0 Å². The van der Waals surface area contributed by atoms with Crippen molar-refractivity contribution in [2.45, 2.75) is 44.5 Å². The van der Waals surface area contributed by atoms with Crippen molar-refractivity contribution in [3.05, 3.63) is 29.8 Å². The normalized spacial score (nSPS) is 14.8. The summed E-state index contributed by atoms with van der Waals surface area (Å²) >= 11 is 0. The number of carbonyl (C=O) groups is 4. The molecule has 3 amide bonds. The van der Waals surface area contributed by atoms with Crippen LogP contribution in [0.15, 0.2) is 24.3 Å². The molecule has 0 bridgehead atoms. The van der Waals surface area contributed by atoms with E-state index in [0.29, 0.717) is 0 Å². The smallest absolute Gasteiger partial charge is 0.328 e. The number of aliphatic hydroxyl groups excluding tert-OH is 1. The summed E-state index contributed by atoms with van der Waals surface area (Å²) in [6.07, 6.45) is -1.13. The highest BCUT2D eigenvalue weighted by Gasteiger charge is 2.27. The second-order valence-corrected chi connectivity index (χ2v) is 6.55. The summed E-state index contributed by atoms with van der Waals surface area (Å²) in [7, 11) is 0. The number of carboxylic acid groups (broad SMARTS) is 1. The average molecular weight is 410 g/mol. The SMILES string of the molecule is C[C@H](NC(=O)CNC(=O)[C@@H](N)Cc1ccc(O)cc1)C(=O)N[C@H](C(=O)O)[C@@H](C)O. The predicted octanol–water partition coefficient (Wildman–Crippen LogP) is -2.17. The molecule has 1 aromatic carbocycles. The van der Waals surface area contributed by atoms with Gasteiger partial charge < -0.3 is 37.0 Å². The molecule has 0 fully saturated rings. The van der Waals surface area contributed by atoms with Gasteiger partial charge in [0.15, 0.2) is 6.04 Å². The fourth-order valence-electron chi connectivity index (χ4n) is 2.30. The number of nitrogens with two attached hydrogens (primary N) is 1. The minimum Gasteiger partial charge on any atom is -0.508 e. The van der Waals surface area contributed by atoms with Gasteiger partial charge in [-0.15, -0.1) is 0 Å². The zero-order chi connectivity index (χ0) is 22.1. The van der Waals surface area contributed by atoms with Gasteiger partial charge in [0, 0.05) is 0 Å². The summed E-state index contributed by atoms with van der Waals surface area (Å²) in [6.45, 7) is 2.10. The van der Waals surface area contributed by atoms with Crippen LogP contribution in [0.1, 0.15) is 19.4 Å². The first-order valence-corrected chi connectivity index (χ1v) is 8.83. The van der Waals surface area contributed by atoms with Gasteiger partial charge in [-0.05, 0) is 38.0 Å². The van der Waals surface area contributed by atoms with Crippen molar-refractivity contribution in [3.8, 4) is 5.75 Å². The van der Waals surface area contributed by atoms with Crippen molar-refractivity contribution in [2.75, 3.05) is 6.54 Å². The van der Waals surface area contributed by atoms with Crippen LogP contribution in [0.25, 0.3) is 0 Å². The molecule has 4 atom stereocenters. The van der Waals surface area contributed by atoms with E-state index in [1.807, 2.05) is 0 Å². The summed E-state index contributed by atoms with van der Waals surface area (Å²) in [4.78, 5) is 46.8. The van der Waals surface area contributed by atoms with Crippen LogP contribution >= 0.6 is 0 Å². The Labute approximate surface area is 167 Å². The van der Waals surface area contributed by atoms with E-state index in [9.17, 15) is 29.4 Å². The van der Waals surface area contributed by atoms with Gasteiger partial charge >= 0.3 is 5.97 Å². The lowest BCUT2D eigenvalue weighted by Crippen LogP contribution is -2.55. The van der Waals surface area contributed by atoms with Crippen LogP contribution in [0.3, 0.4) is 0 Å². The van der Waals surface area contributed by atoms with Gasteiger partial charge in [-0.25, -0.2) is 4.79 Å². The number of aromatic hydroxyl groups is 1. The van der Waals surface area contributed by atoms with Gasteiger partial charge in [-0.1, -0.05) is 12.1 Å². The van der Waals surface area contributed by atoms with Crippen molar-refractivity contribution >= 4 is 23.7 Å². The number of rotatable bonds is 10. The summed E-state index contributed by atoms with van der Waals surface area (Å²) in [5.41, 5.74) is 6.51. The Morgan fingerprint density at radius 2 is 1.62 bits per heavy atom. The molecular formula is C18H26N4O7. The number of hydrogen-bond donors (Lipinski definition) is 7. The molecule has 0 spiro atoms. The van der Waals surface area contributed by atoms with Crippen LogP contribution in [0.5, 0.6) is 5.75 Å². The monoisotopic (exact) mass is 410 g/mol. The zero-order valence-corrected chi connectivity index (χ0v) is 16.1. The Balaban J connectivity index is 2.44. The molecule has 1 rings (SSSR count). The zero-order valence-electron chi connectivity index (χ0n) is 16.1. The average Bonchev–Trinajstić information content (AvgIpc) is 2.64. The third-order valence-corrected chi connectivity index (χ3v) is 3.97. The summed E-state index contributed by atoms with van der Waals surface area (Å²) in [5.74, 6) is -3.39. The molecular weight excluding hydrogens is 384 g/mol. The molecule has 0 saturated carbocycles. The molecule has 29 heavy (non-hydrogen) atoms. The highest BCUT2D eigenvalue weighted by atomic mass is 16.4. The first kappa shape index (κ1) is 23.9. The molecule has 0 radical (unpaired) electrons. The maximum atomic E-state index is 12.0. The van der Waals surface area contributed by atoms with E-state index in [1.165, 1.54) is 26.0 Å². The summed E-state index contributed by atoms with van der Waals surface area (Å²) < 4.78 is 0. The molecule has 0 aliphatic carbocycles. The van der Waals surface area contributed by atoms with Crippen molar-refractivity contribution in [1.29, 1.82) is 0 Å². The third-order valence-electron chi connectivity index (χ3n) is 3.97. The van der Waals surface area contributed by atoms with Crippen LogP contribution < -0.4 is 21.7 Å².